The van der Waals surface area contributed by atoms with E-state index in [-0.39, 0.29) is 17.7 Å². The van der Waals surface area contributed by atoms with Crippen LogP contribution in [-0.4, -0.2) is 50.5 Å². The average molecular weight is 305 g/mol. The SMILES string of the molecule is CNCCNC(=O)C1CC(=O)N(Cc2ccc(OC)cc2)C1. The Morgan fingerprint density at radius 2 is 2.05 bits per heavy atom. The first kappa shape index (κ1) is 16.3. The summed E-state index contributed by atoms with van der Waals surface area (Å²) < 4.78 is 5.12. The highest BCUT2D eigenvalue weighted by Gasteiger charge is 2.33. The van der Waals surface area contributed by atoms with Crippen molar-refractivity contribution in [1.82, 2.24) is 15.5 Å². The zero-order valence-corrected chi connectivity index (χ0v) is 13.1. The van der Waals surface area contributed by atoms with E-state index in [9.17, 15) is 9.59 Å². The molecule has 0 spiro atoms. The molecule has 1 atom stereocenters. The number of rotatable bonds is 7. The number of likely N-dealkylation sites (N-methyl/N-ethyl adjacent to an activating group) is 1. The molecule has 1 unspecified atom stereocenters. The molecule has 22 heavy (non-hydrogen) atoms. The van der Waals surface area contributed by atoms with E-state index in [1.165, 1.54) is 0 Å². The maximum absolute atomic E-state index is 12.1. The van der Waals surface area contributed by atoms with Crippen LogP contribution in [0, 0.1) is 5.92 Å². The normalized spacial score (nSPS) is 17.6. The average Bonchev–Trinajstić information content (AvgIpc) is 2.89. The first-order chi connectivity index (χ1) is 10.6. The summed E-state index contributed by atoms with van der Waals surface area (Å²) in [6, 6.07) is 7.62. The van der Waals surface area contributed by atoms with Gasteiger partial charge in [0, 0.05) is 32.6 Å². The van der Waals surface area contributed by atoms with Crippen LogP contribution < -0.4 is 15.4 Å². The summed E-state index contributed by atoms with van der Waals surface area (Å²) in [7, 11) is 3.46. The number of ether oxygens (including phenoxy) is 1. The van der Waals surface area contributed by atoms with E-state index >= 15 is 0 Å². The summed E-state index contributed by atoms with van der Waals surface area (Å²) in [4.78, 5) is 25.8. The number of likely N-dealkylation sites (tertiary alicyclic amines) is 1. The third-order valence-electron chi connectivity index (χ3n) is 3.79. The Hall–Kier alpha value is -2.08. The molecule has 120 valence electrons. The summed E-state index contributed by atoms with van der Waals surface area (Å²) in [5.74, 6) is 0.534. The Morgan fingerprint density at radius 1 is 1.32 bits per heavy atom. The van der Waals surface area contributed by atoms with Gasteiger partial charge in [0.05, 0.1) is 13.0 Å². The van der Waals surface area contributed by atoms with Crippen molar-refractivity contribution in [1.29, 1.82) is 0 Å². The second-order valence-corrected chi connectivity index (χ2v) is 5.42. The smallest absolute Gasteiger partial charge is 0.225 e. The van der Waals surface area contributed by atoms with Crippen LogP contribution in [0.5, 0.6) is 5.75 Å². The van der Waals surface area contributed by atoms with Crippen molar-refractivity contribution in [3.05, 3.63) is 29.8 Å². The molecule has 1 heterocycles. The number of carbonyl (C=O) groups excluding carboxylic acids is 2. The van der Waals surface area contributed by atoms with E-state index in [2.05, 4.69) is 10.6 Å². The number of hydrogen-bond donors (Lipinski definition) is 2. The lowest BCUT2D eigenvalue weighted by Gasteiger charge is -2.17. The van der Waals surface area contributed by atoms with Gasteiger partial charge in [-0.25, -0.2) is 0 Å². The number of hydrogen-bond acceptors (Lipinski definition) is 4. The molecule has 0 radical (unpaired) electrons. The Balaban J connectivity index is 1.87. The molecule has 2 rings (SSSR count). The number of methoxy groups -OCH3 is 1. The lowest BCUT2D eigenvalue weighted by molar-refractivity contribution is -0.129. The van der Waals surface area contributed by atoms with Gasteiger partial charge in [0.1, 0.15) is 5.75 Å². The molecule has 1 fully saturated rings. The van der Waals surface area contributed by atoms with Crippen molar-refractivity contribution in [3.63, 3.8) is 0 Å². The van der Waals surface area contributed by atoms with E-state index in [0.29, 0.717) is 26.1 Å². The van der Waals surface area contributed by atoms with Gasteiger partial charge in [-0.1, -0.05) is 12.1 Å². The van der Waals surface area contributed by atoms with Crippen molar-refractivity contribution < 1.29 is 14.3 Å². The monoisotopic (exact) mass is 305 g/mol. The minimum absolute atomic E-state index is 0.0320. The highest BCUT2D eigenvalue weighted by atomic mass is 16.5. The van der Waals surface area contributed by atoms with Gasteiger partial charge in [-0.2, -0.15) is 0 Å². The first-order valence-electron chi connectivity index (χ1n) is 7.47. The van der Waals surface area contributed by atoms with Gasteiger partial charge in [0.25, 0.3) is 0 Å². The molecule has 6 heteroatoms. The van der Waals surface area contributed by atoms with Crippen molar-refractivity contribution in [2.75, 3.05) is 33.8 Å². The van der Waals surface area contributed by atoms with Gasteiger partial charge < -0.3 is 20.3 Å². The summed E-state index contributed by atoms with van der Waals surface area (Å²) in [6.45, 7) is 2.32. The van der Waals surface area contributed by atoms with Gasteiger partial charge >= 0.3 is 0 Å². The van der Waals surface area contributed by atoms with Crippen LogP contribution in [0.25, 0.3) is 0 Å². The molecular formula is C16H23N3O3. The van der Waals surface area contributed by atoms with E-state index in [4.69, 9.17) is 4.74 Å². The molecule has 1 aliphatic rings. The molecule has 2 amide bonds. The lowest BCUT2D eigenvalue weighted by atomic mass is 10.1. The van der Waals surface area contributed by atoms with Crippen LogP contribution in [0.3, 0.4) is 0 Å². The van der Waals surface area contributed by atoms with Crippen LogP contribution >= 0.6 is 0 Å². The number of benzene rings is 1. The third kappa shape index (κ3) is 4.21. The predicted molar refractivity (Wildman–Crippen MR) is 83.5 cm³/mol. The topological polar surface area (TPSA) is 70.7 Å². The third-order valence-corrected chi connectivity index (χ3v) is 3.79. The maximum atomic E-state index is 12.1. The van der Waals surface area contributed by atoms with Crippen molar-refractivity contribution in [3.8, 4) is 5.75 Å². The largest absolute Gasteiger partial charge is 0.497 e. The van der Waals surface area contributed by atoms with Gasteiger partial charge in [-0.15, -0.1) is 0 Å². The second kappa shape index (κ2) is 7.79. The Kier molecular flexibility index (Phi) is 5.77. The molecule has 1 aliphatic heterocycles. The van der Waals surface area contributed by atoms with Gasteiger partial charge in [-0.05, 0) is 24.7 Å². The molecule has 6 nitrogen and oxygen atoms in total. The summed E-state index contributed by atoms with van der Waals surface area (Å²) in [5, 5.41) is 5.82. The standard InChI is InChI=1S/C16H23N3O3/c1-17-7-8-18-16(21)13-9-15(20)19(11-13)10-12-3-5-14(22-2)6-4-12/h3-6,13,17H,7-11H2,1-2H3,(H,18,21). The fourth-order valence-corrected chi connectivity index (χ4v) is 2.51. The number of nitrogens with zero attached hydrogens (tertiary/aromatic N) is 1. The molecule has 0 aliphatic carbocycles. The molecule has 2 N–H and O–H groups in total. The minimum Gasteiger partial charge on any atom is -0.497 e. The van der Waals surface area contributed by atoms with Gasteiger partial charge in [0.15, 0.2) is 0 Å². The number of amides is 2. The molecule has 0 bridgehead atoms. The number of carbonyl (C=O) groups is 2. The van der Waals surface area contributed by atoms with Crippen molar-refractivity contribution >= 4 is 11.8 Å². The predicted octanol–water partition coefficient (Wildman–Crippen LogP) is 0.379. The first-order valence-corrected chi connectivity index (χ1v) is 7.47. The van der Waals surface area contributed by atoms with Gasteiger partial charge in [-0.3, -0.25) is 9.59 Å². The summed E-state index contributed by atoms with van der Waals surface area (Å²) in [6.07, 6.45) is 0.293. The second-order valence-electron chi connectivity index (χ2n) is 5.42. The summed E-state index contributed by atoms with van der Waals surface area (Å²) in [5.41, 5.74) is 1.03. The Labute approximate surface area is 130 Å². The van der Waals surface area contributed by atoms with Crippen molar-refractivity contribution in [2.24, 2.45) is 5.92 Å². The van der Waals surface area contributed by atoms with Crippen LogP contribution in [-0.2, 0) is 16.1 Å². The molecular weight excluding hydrogens is 282 g/mol. The minimum atomic E-state index is -0.248. The van der Waals surface area contributed by atoms with E-state index in [0.717, 1.165) is 17.9 Å². The zero-order valence-electron chi connectivity index (χ0n) is 13.1. The highest BCUT2D eigenvalue weighted by molar-refractivity contribution is 5.89. The molecule has 0 aromatic heterocycles. The van der Waals surface area contributed by atoms with Gasteiger partial charge in [0.2, 0.25) is 11.8 Å². The van der Waals surface area contributed by atoms with Crippen LogP contribution in [0.1, 0.15) is 12.0 Å². The summed E-state index contributed by atoms with van der Waals surface area (Å²) >= 11 is 0. The van der Waals surface area contributed by atoms with E-state index in [1.54, 1.807) is 12.0 Å². The van der Waals surface area contributed by atoms with Crippen LogP contribution in [0.15, 0.2) is 24.3 Å². The van der Waals surface area contributed by atoms with Crippen LogP contribution in [0.2, 0.25) is 0 Å². The molecule has 0 saturated carbocycles. The Bertz CT molecular complexity index is 516. The highest BCUT2D eigenvalue weighted by Crippen LogP contribution is 2.21. The van der Waals surface area contributed by atoms with E-state index in [1.807, 2.05) is 31.3 Å². The fourth-order valence-electron chi connectivity index (χ4n) is 2.51. The maximum Gasteiger partial charge on any atom is 0.225 e. The fraction of sp³-hybridized carbons (Fsp3) is 0.500. The quantitative estimate of drug-likeness (QED) is 0.715. The zero-order chi connectivity index (χ0) is 15.9. The lowest BCUT2D eigenvalue weighted by Crippen LogP contribution is -2.36. The van der Waals surface area contributed by atoms with E-state index < -0.39 is 0 Å². The number of nitrogens with one attached hydrogen (secondary N) is 2. The molecule has 1 aromatic carbocycles. The Morgan fingerprint density at radius 3 is 2.68 bits per heavy atom. The molecule has 1 aromatic rings. The van der Waals surface area contributed by atoms with Crippen molar-refractivity contribution in [2.45, 2.75) is 13.0 Å². The molecule has 1 saturated heterocycles. The van der Waals surface area contributed by atoms with Crippen LogP contribution in [0.4, 0.5) is 0 Å².